The molecule has 0 saturated carbocycles. The number of nitrogens with two attached hydrogens (primary N) is 1. The van der Waals surface area contributed by atoms with Gasteiger partial charge in [0.25, 0.3) is 5.91 Å². The summed E-state index contributed by atoms with van der Waals surface area (Å²) in [5.74, 6) is 1.01. The first-order valence-electron chi connectivity index (χ1n) is 5.50. The number of methoxy groups -OCH3 is 1. The van der Waals surface area contributed by atoms with Crippen molar-refractivity contribution in [2.45, 2.75) is 6.42 Å². The first-order valence-corrected chi connectivity index (χ1v) is 5.50. The third-order valence-electron chi connectivity index (χ3n) is 2.13. The number of hydrogen-bond acceptors (Lipinski definition) is 4. The van der Waals surface area contributed by atoms with Gasteiger partial charge in [-0.05, 0) is 25.1 Å². The fourth-order valence-electron chi connectivity index (χ4n) is 1.26. The second-order valence-electron chi connectivity index (χ2n) is 3.43. The van der Waals surface area contributed by atoms with Gasteiger partial charge in [0.05, 0.1) is 7.11 Å². The van der Waals surface area contributed by atoms with E-state index in [4.69, 9.17) is 15.2 Å². The van der Waals surface area contributed by atoms with Crippen LogP contribution in [0.15, 0.2) is 24.3 Å². The third kappa shape index (κ3) is 4.74. The van der Waals surface area contributed by atoms with Crippen LogP contribution in [-0.2, 0) is 4.79 Å². The predicted molar refractivity (Wildman–Crippen MR) is 65.2 cm³/mol. The van der Waals surface area contributed by atoms with Crippen LogP contribution in [0.3, 0.4) is 0 Å². The monoisotopic (exact) mass is 238 g/mol. The zero-order valence-corrected chi connectivity index (χ0v) is 9.94. The second kappa shape index (κ2) is 7.51. The van der Waals surface area contributed by atoms with Crippen LogP contribution in [0.25, 0.3) is 0 Å². The molecule has 0 bridgehead atoms. The molecule has 0 atom stereocenters. The molecular formula is C12H18N2O3. The molecule has 0 unspecified atom stereocenters. The summed E-state index contributed by atoms with van der Waals surface area (Å²) in [6, 6.07) is 7.20. The summed E-state index contributed by atoms with van der Waals surface area (Å²) in [4.78, 5) is 11.4. The van der Waals surface area contributed by atoms with Gasteiger partial charge in [-0.2, -0.15) is 0 Å². The zero-order valence-electron chi connectivity index (χ0n) is 9.94. The molecule has 3 N–H and O–H groups in total. The van der Waals surface area contributed by atoms with Gasteiger partial charge in [-0.3, -0.25) is 4.79 Å². The molecule has 0 radical (unpaired) electrons. The summed E-state index contributed by atoms with van der Waals surface area (Å²) in [6.07, 6.45) is 0.764. The highest BCUT2D eigenvalue weighted by Gasteiger charge is 2.05. The Morgan fingerprint density at radius 1 is 1.35 bits per heavy atom. The highest BCUT2D eigenvalue weighted by atomic mass is 16.5. The van der Waals surface area contributed by atoms with Gasteiger partial charge in [-0.25, -0.2) is 0 Å². The fraction of sp³-hybridized carbons (Fsp3) is 0.417. The summed E-state index contributed by atoms with van der Waals surface area (Å²) < 4.78 is 10.5. The van der Waals surface area contributed by atoms with Gasteiger partial charge in [0.15, 0.2) is 18.1 Å². The van der Waals surface area contributed by atoms with Gasteiger partial charge >= 0.3 is 0 Å². The Balaban J connectivity index is 2.36. The fourth-order valence-corrected chi connectivity index (χ4v) is 1.26. The zero-order chi connectivity index (χ0) is 12.5. The number of ether oxygens (including phenoxy) is 2. The van der Waals surface area contributed by atoms with E-state index in [9.17, 15) is 4.79 Å². The molecule has 0 saturated heterocycles. The maximum Gasteiger partial charge on any atom is 0.257 e. The molecule has 17 heavy (non-hydrogen) atoms. The molecule has 0 aromatic heterocycles. The molecule has 0 aliphatic rings. The average molecular weight is 238 g/mol. The van der Waals surface area contributed by atoms with E-state index in [1.165, 1.54) is 0 Å². The van der Waals surface area contributed by atoms with E-state index in [1.54, 1.807) is 19.2 Å². The highest BCUT2D eigenvalue weighted by molar-refractivity contribution is 5.77. The topological polar surface area (TPSA) is 73.6 Å². The SMILES string of the molecule is COc1ccccc1OCC(=O)NCCCN. The summed E-state index contributed by atoms with van der Waals surface area (Å²) in [6.45, 7) is 1.11. The summed E-state index contributed by atoms with van der Waals surface area (Å²) >= 11 is 0. The van der Waals surface area contributed by atoms with Crippen molar-refractivity contribution in [3.05, 3.63) is 24.3 Å². The molecular weight excluding hydrogens is 220 g/mol. The van der Waals surface area contributed by atoms with E-state index in [-0.39, 0.29) is 12.5 Å². The van der Waals surface area contributed by atoms with E-state index in [0.29, 0.717) is 24.6 Å². The number of nitrogens with one attached hydrogen (secondary N) is 1. The van der Waals surface area contributed by atoms with Crippen LogP contribution in [0.2, 0.25) is 0 Å². The first kappa shape index (κ1) is 13.3. The second-order valence-corrected chi connectivity index (χ2v) is 3.43. The van der Waals surface area contributed by atoms with Crippen molar-refractivity contribution >= 4 is 5.91 Å². The normalized spacial score (nSPS) is 9.76. The molecule has 1 rings (SSSR count). The lowest BCUT2D eigenvalue weighted by molar-refractivity contribution is -0.123. The van der Waals surface area contributed by atoms with Crippen molar-refractivity contribution in [3.8, 4) is 11.5 Å². The standard InChI is InChI=1S/C12H18N2O3/c1-16-10-5-2-3-6-11(10)17-9-12(15)14-8-4-7-13/h2-3,5-6H,4,7-9,13H2,1H3,(H,14,15). The van der Waals surface area contributed by atoms with Crippen molar-refractivity contribution in [1.29, 1.82) is 0 Å². The molecule has 0 aliphatic heterocycles. The predicted octanol–water partition coefficient (Wildman–Crippen LogP) is 0.539. The van der Waals surface area contributed by atoms with E-state index >= 15 is 0 Å². The smallest absolute Gasteiger partial charge is 0.257 e. The van der Waals surface area contributed by atoms with Crippen molar-refractivity contribution in [1.82, 2.24) is 5.32 Å². The molecule has 1 aromatic rings. The maximum atomic E-state index is 11.4. The van der Waals surface area contributed by atoms with Crippen LogP contribution in [-0.4, -0.2) is 32.7 Å². The summed E-state index contributed by atoms with van der Waals surface area (Å²) in [5.41, 5.74) is 5.32. The van der Waals surface area contributed by atoms with Crippen LogP contribution < -0.4 is 20.5 Å². The molecule has 1 amide bonds. The Hall–Kier alpha value is -1.75. The van der Waals surface area contributed by atoms with Crippen molar-refractivity contribution in [2.75, 3.05) is 26.8 Å². The van der Waals surface area contributed by atoms with Gasteiger partial charge in [0, 0.05) is 6.54 Å². The summed E-state index contributed by atoms with van der Waals surface area (Å²) in [7, 11) is 1.56. The van der Waals surface area contributed by atoms with Crippen molar-refractivity contribution < 1.29 is 14.3 Å². The Labute approximate surface area is 101 Å². The van der Waals surface area contributed by atoms with Crippen LogP contribution in [0.1, 0.15) is 6.42 Å². The number of carbonyl (C=O) groups excluding carboxylic acids is 1. The van der Waals surface area contributed by atoms with Crippen LogP contribution >= 0.6 is 0 Å². The van der Waals surface area contributed by atoms with Crippen LogP contribution in [0, 0.1) is 0 Å². The molecule has 0 fully saturated rings. The number of amides is 1. The molecule has 5 nitrogen and oxygen atoms in total. The van der Waals surface area contributed by atoms with Gasteiger partial charge in [0.2, 0.25) is 0 Å². The quantitative estimate of drug-likeness (QED) is 0.680. The van der Waals surface area contributed by atoms with Gasteiger partial charge in [-0.1, -0.05) is 12.1 Å². The Kier molecular flexibility index (Phi) is 5.88. The van der Waals surface area contributed by atoms with Gasteiger partial charge in [0.1, 0.15) is 0 Å². The maximum absolute atomic E-state index is 11.4. The minimum atomic E-state index is -0.163. The lowest BCUT2D eigenvalue weighted by atomic mass is 10.3. The molecule has 94 valence electrons. The lowest BCUT2D eigenvalue weighted by Crippen LogP contribution is -2.30. The largest absolute Gasteiger partial charge is 0.493 e. The van der Waals surface area contributed by atoms with E-state index < -0.39 is 0 Å². The first-order chi connectivity index (χ1) is 8.27. The summed E-state index contributed by atoms with van der Waals surface area (Å²) in [5, 5.41) is 2.71. The Morgan fingerprint density at radius 2 is 2.06 bits per heavy atom. The van der Waals surface area contributed by atoms with E-state index in [1.807, 2.05) is 12.1 Å². The number of carbonyl (C=O) groups is 1. The number of hydrogen-bond donors (Lipinski definition) is 2. The molecule has 0 spiro atoms. The number of benzene rings is 1. The lowest BCUT2D eigenvalue weighted by Gasteiger charge is -2.10. The van der Waals surface area contributed by atoms with Gasteiger partial charge in [-0.15, -0.1) is 0 Å². The molecule has 5 heteroatoms. The number of para-hydroxylation sites is 2. The minimum absolute atomic E-state index is 0.0229. The van der Waals surface area contributed by atoms with Crippen molar-refractivity contribution in [3.63, 3.8) is 0 Å². The highest BCUT2D eigenvalue weighted by Crippen LogP contribution is 2.25. The van der Waals surface area contributed by atoms with Crippen LogP contribution in [0.4, 0.5) is 0 Å². The molecule has 0 heterocycles. The van der Waals surface area contributed by atoms with Gasteiger partial charge < -0.3 is 20.5 Å². The Bertz CT molecular complexity index is 355. The molecule has 1 aromatic carbocycles. The molecule has 0 aliphatic carbocycles. The van der Waals surface area contributed by atoms with Crippen molar-refractivity contribution in [2.24, 2.45) is 5.73 Å². The Morgan fingerprint density at radius 3 is 2.71 bits per heavy atom. The third-order valence-corrected chi connectivity index (χ3v) is 2.13. The average Bonchev–Trinajstić information content (AvgIpc) is 2.37. The van der Waals surface area contributed by atoms with Crippen LogP contribution in [0.5, 0.6) is 11.5 Å². The minimum Gasteiger partial charge on any atom is -0.493 e. The number of rotatable bonds is 7. The van der Waals surface area contributed by atoms with E-state index in [2.05, 4.69) is 5.32 Å². The van der Waals surface area contributed by atoms with E-state index in [0.717, 1.165) is 6.42 Å².